The van der Waals surface area contributed by atoms with Gasteiger partial charge in [0.2, 0.25) is 0 Å². The average molecular weight is 212 g/mol. The maximum atomic E-state index is 3.44. The number of rotatable bonds is 7. The largest absolute Gasteiger partial charge is 0.315 e. The van der Waals surface area contributed by atoms with Gasteiger partial charge < -0.3 is 5.32 Å². The van der Waals surface area contributed by atoms with Crippen molar-refractivity contribution in [3.8, 4) is 0 Å². The first kappa shape index (κ1) is 13.0. The van der Waals surface area contributed by atoms with Crippen molar-refractivity contribution in [1.29, 1.82) is 0 Å². The van der Waals surface area contributed by atoms with Crippen LogP contribution in [0, 0.1) is 11.8 Å². The number of nitrogens with one attached hydrogen (secondary N) is 1. The van der Waals surface area contributed by atoms with E-state index in [-0.39, 0.29) is 0 Å². The van der Waals surface area contributed by atoms with Gasteiger partial charge in [-0.05, 0) is 45.6 Å². The molecule has 1 N–H and O–H groups in total. The van der Waals surface area contributed by atoms with Crippen LogP contribution in [0.25, 0.3) is 0 Å². The Bertz CT molecular complexity index is 173. The highest BCUT2D eigenvalue weighted by Gasteiger charge is 2.27. The normalized spacial score (nSPS) is 19.2. The molecule has 0 bridgehead atoms. The van der Waals surface area contributed by atoms with E-state index in [9.17, 15) is 0 Å². The molecule has 2 nitrogen and oxygen atoms in total. The molecule has 90 valence electrons. The fourth-order valence-corrected chi connectivity index (χ4v) is 2.02. The Balaban J connectivity index is 2.40. The summed E-state index contributed by atoms with van der Waals surface area (Å²) in [6, 6.07) is 1.31. The smallest absolute Gasteiger partial charge is 0.0215 e. The first-order valence-corrected chi connectivity index (χ1v) is 6.46. The highest BCUT2D eigenvalue weighted by Crippen LogP contribution is 2.30. The van der Waals surface area contributed by atoms with E-state index in [1.165, 1.54) is 25.9 Å². The maximum Gasteiger partial charge on any atom is 0.0215 e. The molecule has 1 fully saturated rings. The van der Waals surface area contributed by atoms with Gasteiger partial charge in [0.25, 0.3) is 0 Å². The summed E-state index contributed by atoms with van der Waals surface area (Å²) in [5.74, 6) is 1.72. The van der Waals surface area contributed by atoms with Crippen LogP contribution in [0.5, 0.6) is 0 Å². The van der Waals surface area contributed by atoms with Gasteiger partial charge in [-0.2, -0.15) is 0 Å². The molecule has 0 spiro atoms. The minimum Gasteiger partial charge on any atom is -0.315 e. The Kier molecular flexibility index (Phi) is 5.07. The fraction of sp³-hybridized carbons (Fsp3) is 1.00. The predicted octanol–water partition coefficient (Wildman–Crippen LogP) is 2.35. The summed E-state index contributed by atoms with van der Waals surface area (Å²) in [7, 11) is 2.08. The van der Waals surface area contributed by atoms with Gasteiger partial charge in [-0.15, -0.1) is 0 Å². The molecule has 2 heteroatoms. The van der Waals surface area contributed by atoms with Crippen molar-refractivity contribution in [1.82, 2.24) is 10.2 Å². The zero-order valence-corrected chi connectivity index (χ0v) is 11.1. The molecule has 0 aromatic carbocycles. The lowest BCUT2D eigenvalue weighted by molar-refractivity contribution is 0.176. The van der Waals surface area contributed by atoms with Crippen molar-refractivity contribution in [2.75, 3.05) is 20.1 Å². The lowest BCUT2D eigenvalue weighted by Crippen LogP contribution is -2.46. The Morgan fingerprint density at radius 2 is 1.80 bits per heavy atom. The van der Waals surface area contributed by atoms with Crippen LogP contribution in [0.15, 0.2) is 0 Å². The Morgan fingerprint density at radius 1 is 1.20 bits per heavy atom. The number of hydrogen-bond acceptors (Lipinski definition) is 2. The van der Waals surface area contributed by atoms with E-state index in [0.29, 0.717) is 12.1 Å². The van der Waals surface area contributed by atoms with Crippen molar-refractivity contribution in [3.05, 3.63) is 0 Å². The highest BCUT2D eigenvalue weighted by molar-refractivity contribution is 4.82. The van der Waals surface area contributed by atoms with Gasteiger partial charge in [-0.3, -0.25) is 4.90 Å². The second kappa shape index (κ2) is 5.86. The number of likely N-dealkylation sites (N-methyl/N-ethyl adjacent to an activating group) is 1. The predicted molar refractivity (Wildman–Crippen MR) is 67.1 cm³/mol. The van der Waals surface area contributed by atoms with Crippen molar-refractivity contribution in [2.24, 2.45) is 11.8 Å². The van der Waals surface area contributed by atoms with Gasteiger partial charge in [0.1, 0.15) is 0 Å². The van der Waals surface area contributed by atoms with E-state index in [2.05, 4.69) is 45.0 Å². The third-order valence-electron chi connectivity index (χ3n) is 3.53. The van der Waals surface area contributed by atoms with E-state index in [1.807, 2.05) is 0 Å². The molecule has 1 saturated carbocycles. The van der Waals surface area contributed by atoms with Gasteiger partial charge in [0, 0.05) is 25.2 Å². The molecule has 1 atom stereocenters. The van der Waals surface area contributed by atoms with E-state index in [4.69, 9.17) is 0 Å². The van der Waals surface area contributed by atoms with Crippen molar-refractivity contribution in [2.45, 2.75) is 52.6 Å². The van der Waals surface area contributed by atoms with Gasteiger partial charge in [0.05, 0.1) is 0 Å². The molecule has 1 unspecified atom stereocenters. The minimum absolute atomic E-state index is 0.631. The summed E-state index contributed by atoms with van der Waals surface area (Å²) in [5.41, 5.74) is 0. The lowest BCUT2D eigenvalue weighted by atomic mass is 10.0. The second-order valence-electron chi connectivity index (χ2n) is 5.63. The Hall–Kier alpha value is -0.0800. The number of hydrogen-bond donors (Lipinski definition) is 1. The molecule has 0 amide bonds. The van der Waals surface area contributed by atoms with Crippen LogP contribution in [0.1, 0.15) is 40.5 Å². The molecule has 1 rings (SSSR count). The molecule has 0 aromatic heterocycles. The van der Waals surface area contributed by atoms with Crippen LogP contribution in [0.3, 0.4) is 0 Å². The molecule has 0 heterocycles. The lowest BCUT2D eigenvalue weighted by Gasteiger charge is -2.32. The molecule has 1 aliphatic rings. The fourth-order valence-electron chi connectivity index (χ4n) is 2.02. The second-order valence-corrected chi connectivity index (χ2v) is 5.63. The molecule has 0 radical (unpaired) electrons. The van der Waals surface area contributed by atoms with Crippen molar-refractivity contribution < 1.29 is 0 Å². The average Bonchev–Trinajstić information content (AvgIpc) is 2.94. The summed E-state index contributed by atoms with van der Waals surface area (Å²) in [5, 5.41) is 3.44. The van der Waals surface area contributed by atoms with Gasteiger partial charge >= 0.3 is 0 Å². The van der Waals surface area contributed by atoms with Crippen LogP contribution < -0.4 is 5.32 Å². The Morgan fingerprint density at radius 3 is 2.13 bits per heavy atom. The third-order valence-corrected chi connectivity index (χ3v) is 3.53. The quantitative estimate of drug-likeness (QED) is 0.697. The van der Waals surface area contributed by atoms with Crippen LogP contribution in [0.2, 0.25) is 0 Å². The first-order valence-electron chi connectivity index (χ1n) is 6.46. The SMILES string of the molecule is CNC(CN(CC1CC1)C(C)C)C(C)C. The van der Waals surface area contributed by atoms with Crippen molar-refractivity contribution in [3.63, 3.8) is 0 Å². The minimum atomic E-state index is 0.631. The standard InChI is InChI=1S/C13H28N2/c1-10(2)13(14-5)9-15(11(3)4)8-12-6-7-12/h10-14H,6-9H2,1-5H3. The zero-order valence-electron chi connectivity index (χ0n) is 11.1. The maximum absolute atomic E-state index is 3.44. The molecular weight excluding hydrogens is 184 g/mol. The molecule has 15 heavy (non-hydrogen) atoms. The summed E-state index contributed by atoms with van der Waals surface area (Å²) in [6.45, 7) is 11.7. The van der Waals surface area contributed by atoms with Crippen LogP contribution in [-0.4, -0.2) is 37.1 Å². The van der Waals surface area contributed by atoms with E-state index in [1.54, 1.807) is 0 Å². The van der Waals surface area contributed by atoms with Gasteiger partial charge in [-0.25, -0.2) is 0 Å². The topological polar surface area (TPSA) is 15.3 Å². The van der Waals surface area contributed by atoms with Crippen LogP contribution >= 0.6 is 0 Å². The van der Waals surface area contributed by atoms with Gasteiger partial charge in [0.15, 0.2) is 0 Å². The van der Waals surface area contributed by atoms with E-state index in [0.717, 1.165) is 11.8 Å². The summed E-state index contributed by atoms with van der Waals surface area (Å²) < 4.78 is 0. The summed E-state index contributed by atoms with van der Waals surface area (Å²) >= 11 is 0. The molecule has 0 saturated heterocycles. The van der Waals surface area contributed by atoms with Crippen LogP contribution in [0.4, 0.5) is 0 Å². The first-order chi connectivity index (χ1) is 7.04. The third kappa shape index (κ3) is 4.52. The molecular formula is C13H28N2. The highest BCUT2D eigenvalue weighted by atomic mass is 15.2. The monoisotopic (exact) mass is 212 g/mol. The van der Waals surface area contributed by atoms with Gasteiger partial charge in [-0.1, -0.05) is 13.8 Å². The molecule has 1 aliphatic carbocycles. The molecule has 0 aromatic rings. The summed E-state index contributed by atoms with van der Waals surface area (Å²) in [6.07, 6.45) is 2.91. The molecule has 0 aliphatic heterocycles. The van der Waals surface area contributed by atoms with E-state index >= 15 is 0 Å². The van der Waals surface area contributed by atoms with Crippen LogP contribution in [-0.2, 0) is 0 Å². The summed E-state index contributed by atoms with van der Waals surface area (Å²) in [4.78, 5) is 2.64. The van der Waals surface area contributed by atoms with E-state index < -0.39 is 0 Å². The van der Waals surface area contributed by atoms with Crippen molar-refractivity contribution >= 4 is 0 Å². The number of nitrogens with zero attached hydrogens (tertiary/aromatic N) is 1. The Labute approximate surface area is 95.4 Å². The zero-order chi connectivity index (χ0) is 11.4.